The van der Waals surface area contributed by atoms with E-state index in [4.69, 9.17) is 19.2 Å². The number of benzene rings is 2. The van der Waals surface area contributed by atoms with Gasteiger partial charge in [0.25, 0.3) is 0 Å². The van der Waals surface area contributed by atoms with E-state index in [1.165, 1.54) is 11.1 Å². The van der Waals surface area contributed by atoms with Crippen molar-refractivity contribution in [1.82, 2.24) is 5.32 Å². The molecule has 4 rings (SSSR count). The van der Waals surface area contributed by atoms with Gasteiger partial charge < -0.3 is 19.7 Å². The number of fused-ring (bicyclic) bond motifs is 2. The molecule has 28 heavy (non-hydrogen) atoms. The number of ether oxygens (including phenoxy) is 2. The standard InChI is InChI=1S/C22H27NO4.ClH/c1-2-9-21-20(8-1)24-16-19(26-21)15-23-12-4-3-6-17-10-11-18-7-5-13-25-27-22(18)14-17;/h1-2,8-11,14,19,23H,3-7,12-13,15-16H2;1H. The van der Waals surface area contributed by atoms with Gasteiger partial charge in [0.05, 0.1) is 6.61 Å². The lowest BCUT2D eigenvalue weighted by atomic mass is 10.0. The zero-order valence-electron chi connectivity index (χ0n) is 16.0. The minimum absolute atomic E-state index is 0. The monoisotopic (exact) mass is 405 g/mol. The van der Waals surface area contributed by atoms with Crippen molar-refractivity contribution in [1.29, 1.82) is 0 Å². The van der Waals surface area contributed by atoms with Gasteiger partial charge in [-0.1, -0.05) is 24.3 Å². The molecule has 152 valence electrons. The fourth-order valence-electron chi connectivity index (χ4n) is 3.47. The molecule has 0 amide bonds. The number of halogens is 1. The molecule has 2 aliphatic rings. The number of unbranched alkanes of at least 4 members (excludes halogenated alkanes) is 1. The summed E-state index contributed by atoms with van der Waals surface area (Å²) in [5.41, 5.74) is 2.55. The zero-order chi connectivity index (χ0) is 18.3. The first kappa shape index (κ1) is 20.8. The van der Waals surface area contributed by atoms with Crippen LogP contribution in [0.4, 0.5) is 0 Å². The Morgan fingerprint density at radius 3 is 2.82 bits per heavy atom. The highest BCUT2D eigenvalue weighted by Crippen LogP contribution is 2.30. The van der Waals surface area contributed by atoms with Crippen molar-refractivity contribution in [3.8, 4) is 17.2 Å². The van der Waals surface area contributed by atoms with E-state index < -0.39 is 0 Å². The summed E-state index contributed by atoms with van der Waals surface area (Å²) in [7, 11) is 0. The number of hydrogen-bond acceptors (Lipinski definition) is 5. The molecule has 1 N–H and O–H groups in total. The molecule has 0 radical (unpaired) electrons. The SMILES string of the molecule is Cl.c1ccc2c(c1)OCC(CNCCCCc1ccc3c(c1)OOCCC3)O2. The van der Waals surface area contributed by atoms with Crippen molar-refractivity contribution in [2.24, 2.45) is 0 Å². The van der Waals surface area contributed by atoms with Gasteiger partial charge in [0, 0.05) is 6.54 Å². The van der Waals surface area contributed by atoms with Crippen LogP contribution in [0.15, 0.2) is 42.5 Å². The normalized spacial score (nSPS) is 17.6. The second-order valence-electron chi connectivity index (χ2n) is 7.11. The Morgan fingerprint density at radius 1 is 1.00 bits per heavy atom. The fraction of sp³-hybridized carbons (Fsp3) is 0.455. The molecule has 0 saturated carbocycles. The summed E-state index contributed by atoms with van der Waals surface area (Å²) in [6.07, 6.45) is 5.42. The van der Waals surface area contributed by atoms with Crippen molar-refractivity contribution >= 4 is 12.4 Å². The van der Waals surface area contributed by atoms with Gasteiger partial charge in [0.1, 0.15) is 12.7 Å². The van der Waals surface area contributed by atoms with E-state index in [1.54, 1.807) is 0 Å². The Labute approximate surface area is 172 Å². The van der Waals surface area contributed by atoms with Crippen LogP contribution < -0.4 is 19.7 Å². The number of aryl methyl sites for hydroxylation is 2. The molecule has 0 fully saturated rings. The van der Waals surface area contributed by atoms with Crippen molar-refractivity contribution < 1.29 is 19.2 Å². The molecule has 0 aliphatic carbocycles. The number of rotatable bonds is 7. The largest absolute Gasteiger partial charge is 0.486 e. The van der Waals surface area contributed by atoms with E-state index in [9.17, 15) is 0 Å². The van der Waals surface area contributed by atoms with Crippen molar-refractivity contribution in [2.45, 2.75) is 38.2 Å². The van der Waals surface area contributed by atoms with Crippen LogP contribution in [0, 0.1) is 0 Å². The van der Waals surface area contributed by atoms with Crippen LogP contribution in [0.25, 0.3) is 0 Å². The summed E-state index contributed by atoms with van der Waals surface area (Å²) in [4.78, 5) is 10.6. The summed E-state index contributed by atoms with van der Waals surface area (Å²) in [6, 6.07) is 14.3. The summed E-state index contributed by atoms with van der Waals surface area (Å²) >= 11 is 0. The lowest BCUT2D eigenvalue weighted by molar-refractivity contribution is -0.203. The van der Waals surface area contributed by atoms with E-state index in [-0.39, 0.29) is 18.5 Å². The first-order valence-corrected chi connectivity index (χ1v) is 9.89. The molecule has 1 atom stereocenters. The third-order valence-corrected chi connectivity index (χ3v) is 4.96. The van der Waals surface area contributed by atoms with E-state index in [1.807, 2.05) is 24.3 Å². The Hall–Kier alpha value is -1.95. The zero-order valence-corrected chi connectivity index (χ0v) is 16.8. The molecule has 2 aromatic carbocycles. The van der Waals surface area contributed by atoms with Crippen LogP contribution in [0.5, 0.6) is 17.2 Å². The van der Waals surface area contributed by atoms with Crippen LogP contribution in [0.1, 0.15) is 30.4 Å². The number of hydrogen-bond donors (Lipinski definition) is 1. The highest BCUT2D eigenvalue weighted by atomic mass is 35.5. The lowest BCUT2D eigenvalue weighted by Gasteiger charge is -2.26. The van der Waals surface area contributed by atoms with Gasteiger partial charge in [-0.05, 0) is 68.0 Å². The van der Waals surface area contributed by atoms with Gasteiger partial charge in [0.15, 0.2) is 17.2 Å². The third-order valence-electron chi connectivity index (χ3n) is 4.96. The van der Waals surface area contributed by atoms with Gasteiger partial charge in [-0.3, -0.25) is 0 Å². The molecule has 0 spiro atoms. The van der Waals surface area contributed by atoms with Gasteiger partial charge in [0.2, 0.25) is 0 Å². The third kappa shape index (κ3) is 5.53. The Kier molecular flexibility index (Phi) is 7.83. The average Bonchev–Trinajstić information content (AvgIpc) is 2.95. The van der Waals surface area contributed by atoms with Crippen molar-refractivity contribution in [3.05, 3.63) is 53.6 Å². The molecular formula is C22H28ClNO4. The predicted octanol–water partition coefficient (Wildman–Crippen LogP) is 4.12. The number of nitrogens with one attached hydrogen (secondary N) is 1. The second kappa shape index (κ2) is 10.6. The maximum Gasteiger partial charge on any atom is 0.168 e. The van der Waals surface area contributed by atoms with Crippen molar-refractivity contribution in [3.63, 3.8) is 0 Å². The Morgan fingerprint density at radius 2 is 1.89 bits per heavy atom. The van der Waals surface area contributed by atoms with E-state index >= 15 is 0 Å². The molecule has 0 aromatic heterocycles. The molecule has 1 unspecified atom stereocenters. The van der Waals surface area contributed by atoms with Crippen LogP contribution in [0.3, 0.4) is 0 Å². The topological polar surface area (TPSA) is 49.0 Å². The molecule has 2 aromatic rings. The minimum Gasteiger partial charge on any atom is -0.486 e. The van der Waals surface area contributed by atoms with Crippen LogP contribution >= 0.6 is 12.4 Å². The van der Waals surface area contributed by atoms with Crippen LogP contribution in [-0.2, 0) is 17.7 Å². The molecule has 0 saturated heterocycles. The van der Waals surface area contributed by atoms with E-state index in [0.29, 0.717) is 13.2 Å². The summed E-state index contributed by atoms with van der Waals surface area (Å²) in [6.45, 7) is 3.04. The molecule has 6 heteroatoms. The van der Waals surface area contributed by atoms with Gasteiger partial charge in [-0.25, -0.2) is 0 Å². The van der Waals surface area contributed by atoms with Crippen LogP contribution in [-0.4, -0.2) is 32.4 Å². The summed E-state index contributed by atoms with van der Waals surface area (Å²) in [5, 5.41) is 3.48. The van der Waals surface area contributed by atoms with E-state index in [0.717, 1.165) is 62.4 Å². The quantitative estimate of drug-likeness (QED) is 0.554. The smallest absolute Gasteiger partial charge is 0.168 e. The Balaban J connectivity index is 0.00000225. The van der Waals surface area contributed by atoms with Gasteiger partial charge in [-0.2, -0.15) is 4.89 Å². The highest BCUT2D eigenvalue weighted by Gasteiger charge is 2.19. The molecule has 2 aliphatic heterocycles. The average molecular weight is 406 g/mol. The maximum absolute atomic E-state index is 5.96. The summed E-state index contributed by atoms with van der Waals surface area (Å²) < 4.78 is 11.7. The molecular weight excluding hydrogens is 378 g/mol. The Bertz CT molecular complexity index is 755. The van der Waals surface area contributed by atoms with Crippen molar-refractivity contribution in [2.75, 3.05) is 26.3 Å². The highest BCUT2D eigenvalue weighted by molar-refractivity contribution is 5.85. The molecule has 0 bridgehead atoms. The summed E-state index contributed by atoms with van der Waals surface area (Å²) in [5.74, 6) is 2.56. The fourth-order valence-corrected chi connectivity index (χ4v) is 3.47. The van der Waals surface area contributed by atoms with Gasteiger partial charge >= 0.3 is 0 Å². The number of para-hydroxylation sites is 2. The minimum atomic E-state index is 0. The van der Waals surface area contributed by atoms with E-state index in [2.05, 4.69) is 23.5 Å². The first-order valence-electron chi connectivity index (χ1n) is 9.89. The lowest BCUT2D eigenvalue weighted by Crippen LogP contribution is -2.38. The predicted molar refractivity (Wildman–Crippen MR) is 111 cm³/mol. The van der Waals surface area contributed by atoms with Crippen LogP contribution in [0.2, 0.25) is 0 Å². The second-order valence-corrected chi connectivity index (χ2v) is 7.11. The first-order chi connectivity index (χ1) is 13.4. The van der Waals surface area contributed by atoms with Gasteiger partial charge in [-0.15, -0.1) is 12.4 Å². The maximum atomic E-state index is 5.96. The molecule has 5 nitrogen and oxygen atoms in total. The molecule has 2 heterocycles.